The molecular formula is C23H33N3O2. The van der Waals surface area contributed by atoms with E-state index in [4.69, 9.17) is 16.2 Å². The molecule has 0 atom stereocenters. The van der Waals surface area contributed by atoms with Gasteiger partial charge < -0.3 is 21.1 Å². The minimum atomic E-state index is -0.157. The highest BCUT2D eigenvalue weighted by Crippen LogP contribution is 2.20. The number of carbonyl (C=O) groups excluding carboxylic acids is 1. The van der Waals surface area contributed by atoms with Gasteiger partial charge in [-0.05, 0) is 67.6 Å². The van der Waals surface area contributed by atoms with Crippen molar-refractivity contribution in [1.29, 1.82) is 0 Å². The maximum absolute atomic E-state index is 13.1. The average molecular weight is 384 g/mol. The van der Waals surface area contributed by atoms with Crippen LogP contribution in [0.25, 0.3) is 0 Å². The highest BCUT2D eigenvalue weighted by atomic mass is 16.5. The van der Waals surface area contributed by atoms with Gasteiger partial charge in [0.05, 0.1) is 7.11 Å². The number of nitrogen functional groups attached to an aromatic ring is 1. The summed E-state index contributed by atoms with van der Waals surface area (Å²) in [5, 5.41) is 0. The number of carbonyl (C=O) groups is 1. The van der Waals surface area contributed by atoms with Crippen molar-refractivity contribution in [3.05, 3.63) is 59.7 Å². The Bertz CT molecular complexity index is 737. The molecule has 0 fully saturated rings. The Hall–Kier alpha value is -2.53. The number of nitrogens with two attached hydrogens (primary N) is 2. The number of rotatable bonds is 10. The van der Waals surface area contributed by atoms with Crippen LogP contribution in [-0.2, 0) is 6.54 Å². The molecular weight excluding hydrogens is 350 g/mol. The SMILES string of the molecule is CCC(N)(CC)CCCN(Cc1ccc(OC)cc1)C(=O)c1ccc(N)cc1. The number of amides is 1. The van der Waals surface area contributed by atoms with Crippen molar-refractivity contribution in [3.63, 3.8) is 0 Å². The molecule has 2 aromatic carbocycles. The van der Waals surface area contributed by atoms with Crippen LogP contribution < -0.4 is 16.2 Å². The second-order valence-corrected chi connectivity index (χ2v) is 7.37. The van der Waals surface area contributed by atoms with Crippen molar-refractivity contribution in [2.24, 2.45) is 5.73 Å². The van der Waals surface area contributed by atoms with Crippen LogP contribution in [0.3, 0.4) is 0 Å². The summed E-state index contributed by atoms with van der Waals surface area (Å²) in [4.78, 5) is 15.0. The van der Waals surface area contributed by atoms with Crippen LogP contribution in [0.1, 0.15) is 55.5 Å². The Labute approximate surface area is 168 Å². The summed E-state index contributed by atoms with van der Waals surface area (Å²) in [6, 6.07) is 14.9. The summed E-state index contributed by atoms with van der Waals surface area (Å²) >= 11 is 0. The molecule has 4 N–H and O–H groups in total. The van der Waals surface area contributed by atoms with Gasteiger partial charge in [-0.15, -0.1) is 0 Å². The van der Waals surface area contributed by atoms with E-state index >= 15 is 0 Å². The van der Waals surface area contributed by atoms with Crippen LogP contribution >= 0.6 is 0 Å². The Morgan fingerprint density at radius 3 is 2.18 bits per heavy atom. The van der Waals surface area contributed by atoms with Crippen LogP contribution in [0.4, 0.5) is 5.69 Å². The molecule has 5 heteroatoms. The lowest BCUT2D eigenvalue weighted by atomic mass is 9.89. The van der Waals surface area contributed by atoms with E-state index in [0.717, 1.165) is 37.0 Å². The zero-order chi connectivity index (χ0) is 20.6. The molecule has 0 spiro atoms. The molecule has 0 saturated carbocycles. The molecule has 0 aliphatic heterocycles. The third-order valence-corrected chi connectivity index (χ3v) is 5.49. The third kappa shape index (κ3) is 5.99. The quantitative estimate of drug-likeness (QED) is 0.602. The fourth-order valence-electron chi connectivity index (χ4n) is 3.24. The molecule has 28 heavy (non-hydrogen) atoms. The van der Waals surface area contributed by atoms with E-state index in [-0.39, 0.29) is 11.4 Å². The molecule has 0 aromatic heterocycles. The molecule has 0 saturated heterocycles. The standard InChI is InChI=1S/C23H33N3O2/c1-4-23(25,5-2)15-6-16-26(17-18-7-13-21(28-3)14-8-18)22(27)19-9-11-20(24)12-10-19/h7-14H,4-6,15-17,24-25H2,1-3H3. The molecule has 5 nitrogen and oxygen atoms in total. The van der Waals surface area contributed by atoms with Crippen molar-refractivity contribution < 1.29 is 9.53 Å². The lowest BCUT2D eigenvalue weighted by Gasteiger charge is -2.29. The van der Waals surface area contributed by atoms with E-state index < -0.39 is 0 Å². The van der Waals surface area contributed by atoms with E-state index in [2.05, 4.69) is 13.8 Å². The van der Waals surface area contributed by atoms with Crippen LogP contribution in [0.5, 0.6) is 5.75 Å². The first-order valence-electron chi connectivity index (χ1n) is 9.97. The van der Waals surface area contributed by atoms with Gasteiger partial charge in [-0.1, -0.05) is 26.0 Å². The number of nitrogens with zero attached hydrogens (tertiary/aromatic N) is 1. The first-order valence-corrected chi connectivity index (χ1v) is 9.97. The van der Waals surface area contributed by atoms with Crippen molar-refractivity contribution >= 4 is 11.6 Å². The number of anilines is 1. The van der Waals surface area contributed by atoms with E-state index in [0.29, 0.717) is 24.3 Å². The molecule has 0 radical (unpaired) electrons. The molecule has 0 heterocycles. The van der Waals surface area contributed by atoms with Crippen LogP contribution in [-0.4, -0.2) is 30.0 Å². The minimum absolute atomic E-state index is 0.00596. The van der Waals surface area contributed by atoms with Gasteiger partial charge in [0.25, 0.3) is 5.91 Å². The van der Waals surface area contributed by atoms with Gasteiger partial charge >= 0.3 is 0 Å². The summed E-state index contributed by atoms with van der Waals surface area (Å²) in [5.41, 5.74) is 14.4. The average Bonchev–Trinajstić information content (AvgIpc) is 2.73. The predicted molar refractivity (Wildman–Crippen MR) is 115 cm³/mol. The highest BCUT2D eigenvalue weighted by Gasteiger charge is 2.22. The summed E-state index contributed by atoms with van der Waals surface area (Å²) < 4.78 is 5.22. The van der Waals surface area contributed by atoms with Crippen molar-refractivity contribution in [2.45, 2.75) is 51.6 Å². The number of methoxy groups -OCH3 is 1. The lowest BCUT2D eigenvalue weighted by Crippen LogP contribution is -2.39. The summed E-state index contributed by atoms with van der Waals surface area (Å²) in [7, 11) is 1.65. The second kappa shape index (κ2) is 10.1. The fraction of sp³-hybridized carbons (Fsp3) is 0.435. The monoisotopic (exact) mass is 383 g/mol. The van der Waals surface area contributed by atoms with Gasteiger partial charge in [-0.3, -0.25) is 4.79 Å². The fourth-order valence-corrected chi connectivity index (χ4v) is 3.24. The smallest absolute Gasteiger partial charge is 0.254 e. The summed E-state index contributed by atoms with van der Waals surface area (Å²) in [6.45, 7) is 5.45. The normalized spacial score (nSPS) is 11.3. The third-order valence-electron chi connectivity index (χ3n) is 5.49. The van der Waals surface area contributed by atoms with Crippen molar-refractivity contribution in [3.8, 4) is 5.75 Å². The predicted octanol–water partition coefficient (Wildman–Crippen LogP) is 4.22. The maximum Gasteiger partial charge on any atom is 0.254 e. The number of benzene rings is 2. The molecule has 152 valence electrons. The number of hydrogen-bond donors (Lipinski definition) is 2. The van der Waals surface area contributed by atoms with Crippen molar-refractivity contribution in [2.75, 3.05) is 19.4 Å². The van der Waals surface area contributed by atoms with E-state index in [1.54, 1.807) is 31.4 Å². The van der Waals surface area contributed by atoms with E-state index in [1.165, 1.54) is 0 Å². The minimum Gasteiger partial charge on any atom is -0.497 e. The summed E-state index contributed by atoms with van der Waals surface area (Å²) in [5.74, 6) is 0.811. The Balaban J connectivity index is 2.13. The molecule has 0 aliphatic carbocycles. The first kappa shape index (κ1) is 21.8. The molecule has 2 aromatic rings. The van der Waals surface area contributed by atoms with Crippen LogP contribution in [0.15, 0.2) is 48.5 Å². The van der Waals surface area contributed by atoms with Gasteiger partial charge in [0.2, 0.25) is 0 Å². The number of ether oxygens (including phenoxy) is 1. The van der Waals surface area contributed by atoms with E-state index in [9.17, 15) is 4.79 Å². The Morgan fingerprint density at radius 1 is 1.04 bits per heavy atom. The van der Waals surface area contributed by atoms with Gasteiger partial charge in [0.1, 0.15) is 5.75 Å². The van der Waals surface area contributed by atoms with Gasteiger partial charge in [-0.25, -0.2) is 0 Å². The highest BCUT2D eigenvalue weighted by molar-refractivity contribution is 5.94. The van der Waals surface area contributed by atoms with Crippen LogP contribution in [0.2, 0.25) is 0 Å². The largest absolute Gasteiger partial charge is 0.497 e. The topological polar surface area (TPSA) is 81.6 Å². The second-order valence-electron chi connectivity index (χ2n) is 7.37. The molecule has 0 aliphatic rings. The molecule has 0 bridgehead atoms. The zero-order valence-electron chi connectivity index (χ0n) is 17.3. The Kier molecular flexibility index (Phi) is 7.88. The number of hydrogen-bond acceptors (Lipinski definition) is 4. The van der Waals surface area contributed by atoms with E-state index in [1.807, 2.05) is 29.2 Å². The molecule has 0 unspecified atom stereocenters. The van der Waals surface area contributed by atoms with Gasteiger partial charge in [-0.2, -0.15) is 0 Å². The first-order chi connectivity index (χ1) is 13.4. The van der Waals surface area contributed by atoms with Crippen LogP contribution in [0, 0.1) is 0 Å². The Morgan fingerprint density at radius 2 is 1.64 bits per heavy atom. The molecule has 1 amide bonds. The molecule has 2 rings (SSSR count). The zero-order valence-corrected chi connectivity index (χ0v) is 17.3. The maximum atomic E-state index is 13.1. The van der Waals surface area contributed by atoms with Crippen molar-refractivity contribution in [1.82, 2.24) is 4.90 Å². The van der Waals surface area contributed by atoms with Gasteiger partial charge in [0.15, 0.2) is 0 Å². The van der Waals surface area contributed by atoms with Gasteiger partial charge in [0, 0.05) is 29.9 Å². The lowest BCUT2D eigenvalue weighted by molar-refractivity contribution is 0.0736. The summed E-state index contributed by atoms with van der Waals surface area (Å²) in [6.07, 6.45) is 3.64.